The molecule has 0 spiro atoms. The van der Waals surface area contributed by atoms with Crippen LogP contribution in [0.4, 0.5) is 0 Å². The Bertz CT molecular complexity index is 491. The normalized spacial score (nSPS) is 17.5. The topological polar surface area (TPSA) is 64.4 Å². The summed E-state index contributed by atoms with van der Waals surface area (Å²) in [5.74, 6) is 0.102. The molecule has 0 radical (unpaired) electrons. The second-order valence-corrected chi connectivity index (χ2v) is 6.10. The SMILES string of the molecule is NC(C(=O)NCCc1ccc(Cl)cc1Cl)C1CCOCC1. The first-order valence-electron chi connectivity index (χ1n) is 7.13. The van der Waals surface area contributed by atoms with Gasteiger partial charge in [-0.2, -0.15) is 0 Å². The van der Waals surface area contributed by atoms with Crippen LogP contribution in [0.5, 0.6) is 0 Å². The van der Waals surface area contributed by atoms with E-state index in [9.17, 15) is 4.79 Å². The Morgan fingerprint density at radius 3 is 2.76 bits per heavy atom. The Kier molecular flexibility index (Phi) is 6.30. The van der Waals surface area contributed by atoms with Crippen molar-refractivity contribution >= 4 is 29.1 Å². The van der Waals surface area contributed by atoms with Crippen molar-refractivity contribution in [2.45, 2.75) is 25.3 Å². The number of carbonyl (C=O) groups is 1. The number of rotatable bonds is 5. The molecule has 4 nitrogen and oxygen atoms in total. The zero-order chi connectivity index (χ0) is 15.2. The number of nitrogens with one attached hydrogen (secondary N) is 1. The Labute approximate surface area is 134 Å². The molecule has 0 saturated carbocycles. The van der Waals surface area contributed by atoms with E-state index >= 15 is 0 Å². The van der Waals surface area contributed by atoms with E-state index in [0.717, 1.165) is 18.4 Å². The van der Waals surface area contributed by atoms with Crippen molar-refractivity contribution in [1.29, 1.82) is 0 Å². The van der Waals surface area contributed by atoms with Crippen LogP contribution in [-0.2, 0) is 16.0 Å². The summed E-state index contributed by atoms with van der Waals surface area (Å²) >= 11 is 11.9. The lowest BCUT2D eigenvalue weighted by molar-refractivity contribution is -0.124. The van der Waals surface area contributed by atoms with Crippen molar-refractivity contribution in [3.8, 4) is 0 Å². The zero-order valence-corrected chi connectivity index (χ0v) is 13.3. The number of benzene rings is 1. The number of hydrogen-bond acceptors (Lipinski definition) is 3. The van der Waals surface area contributed by atoms with E-state index in [2.05, 4.69) is 5.32 Å². The van der Waals surface area contributed by atoms with E-state index in [4.69, 9.17) is 33.7 Å². The van der Waals surface area contributed by atoms with Gasteiger partial charge in [-0.05, 0) is 42.9 Å². The van der Waals surface area contributed by atoms with Gasteiger partial charge >= 0.3 is 0 Å². The highest BCUT2D eigenvalue weighted by Crippen LogP contribution is 2.21. The lowest BCUT2D eigenvalue weighted by atomic mass is 9.92. The molecular weight excluding hydrogens is 311 g/mol. The number of amides is 1. The van der Waals surface area contributed by atoms with E-state index in [0.29, 0.717) is 36.2 Å². The summed E-state index contributed by atoms with van der Waals surface area (Å²) in [6.07, 6.45) is 2.34. The fraction of sp³-hybridized carbons (Fsp3) is 0.533. The quantitative estimate of drug-likeness (QED) is 0.871. The summed E-state index contributed by atoms with van der Waals surface area (Å²) in [5, 5.41) is 4.10. The number of hydrogen-bond donors (Lipinski definition) is 2. The van der Waals surface area contributed by atoms with Crippen molar-refractivity contribution in [3.63, 3.8) is 0 Å². The first-order valence-corrected chi connectivity index (χ1v) is 7.88. The van der Waals surface area contributed by atoms with E-state index in [-0.39, 0.29) is 11.8 Å². The average molecular weight is 331 g/mol. The molecule has 1 aromatic rings. The van der Waals surface area contributed by atoms with Crippen molar-refractivity contribution in [3.05, 3.63) is 33.8 Å². The summed E-state index contributed by atoms with van der Waals surface area (Å²) in [7, 11) is 0. The molecule has 1 saturated heterocycles. The average Bonchev–Trinajstić information content (AvgIpc) is 2.49. The largest absolute Gasteiger partial charge is 0.381 e. The van der Waals surface area contributed by atoms with Gasteiger partial charge in [-0.3, -0.25) is 4.79 Å². The third-order valence-electron chi connectivity index (χ3n) is 3.79. The second-order valence-electron chi connectivity index (χ2n) is 5.25. The van der Waals surface area contributed by atoms with E-state index in [1.807, 2.05) is 6.07 Å². The maximum Gasteiger partial charge on any atom is 0.237 e. The highest BCUT2D eigenvalue weighted by atomic mass is 35.5. The smallest absolute Gasteiger partial charge is 0.237 e. The van der Waals surface area contributed by atoms with Crippen LogP contribution in [0.25, 0.3) is 0 Å². The van der Waals surface area contributed by atoms with Crippen molar-refractivity contribution < 1.29 is 9.53 Å². The van der Waals surface area contributed by atoms with Gasteiger partial charge in [0.2, 0.25) is 5.91 Å². The lowest BCUT2D eigenvalue weighted by Gasteiger charge is -2.26. The highest BCUT2D eigenvalue weighted by Gasteiger charge is 2.26. The van der Waals surface area contributed by atoms with Crippen LogP contribution < -0.4 is 11.1 Å². The van der Waals surface area contributed by atoms with Crippen LogP contribution in [0.3, 0.4) is 0 Å². The molecule has 1 unspecified atom stereocenters. The number of carbonyl (C=O) groups excluding carboxylic acids is 1. The Morgan fingerprint density at radius 1 is 1.38 bits per heavy atom. The van der Waals surface area contributed by atoms with Gasteiger partial charge in [0.1, 0.15) is 0 Å². The zero-order valence-electron chi connectivity index (χ0n) is 11.8. The van der Waals surface area contributed by atoms with Crippen LogP contribution in [-0.4, -0.2) is 31.7 Å². The molecule has 1 aliphatic heterocycles. The molecule has 116 valence electrons. The molecule has 1 heterocycles. The monoisotopic (exact) mass is 330 g/mol. The number of halogens is 2. The third kappa shape index (κ3) is 4.85. The lowest BCUT2D eigenvalue weighted by Crippen LogP contribution is -2.47. The second kappa shape index (κ2) is 7.99. The Balaban J connectivity index is 1.78. The standard InChI is InChI=1S/C15H20Cl2N2O2/c16-12-2-1-10(13(17)9-12)3-6-19-15(20)14(18)11-4-7-21-8-5-11/h1-2,9,11,14H,3-8,18H2,(H,19,20). The molecule has 1 fully saturated rings. The fourth-order valence-corrected chi connectivity index (χ4v) is 2.95. The van der Waals surface area contributed by atoms with Gasteiger partial charge in [0.25, 0.3) is 0 Å². The predicted octanol–water partition coefficient (Wildman–Crippen LogP) is 2.41. The molecule has 1 aromatic carbocycles. The van der Waals surface area contributed by atoms with E-state index < -0.39 is 6.04 Å². The minimum absolute atomic E-state index is 0.105. The maximum absolute atomic E-state index is 12.0. The van der Waals surface area contributed by atoms with Crippen LogP contribution in [0.1, 0.15) is 18.4 Å². The molecule has 3 N–H and O–H groups in total. The van der Waals surface area contributed by atoms with Gasteiger partial charge in [0.05, 0.1) is 6.04 Å². The van der Waals surface area contributed by atoms with Crippen molar-refractivity contribution in [2.24, 2.45) is 11.7 Å². The third-order valence-corrected chi connectivity index (χ3v) is 4.37. The minimum atomic E-state index is -0.463. The van der Waals surface area contributed by atoms with Gasteiger partial charge in [-0.1, -0.05) is 29.3 Å². The fourth-order valence-electron chi connectivity index (χ4n) is 2.45. The summed E-state index contributed by atoms with van der Waals surface area (Å²) < 4.78 is 5.28. The van der Waals surface area contributed by atoms with Crippen LogP contribution in [0, 0.1) is 5.92 Å². The van der Waals surface area contributed by atoms with Gasteiger partial charge in [0, 0.05) is 29.8 Å². The molecule has 1 atom stereocenters. The molecule has 0 aromatic heterocycles. The number of nitrogens with two attached hydrogens (primary N) is 1. The van der Waals surface area contributed by atoms with Gasteiger partial charge in [-0.15, -0.1) is 0 Å². The molecule has 2 rings (SSSR count). The van der Waals surface area contributed by atoms with E-state index in [1.165, 1.54) is 0 Å². The number of ether oxygens (including phenoxy) is 1. The van der Waals surface area contributed by atoms with Gasteiger partial charge in [0.15, 0.2) is 0 Å². The van der Waals surface area contributed by atoms with Crippen molar-refractivity contribution in [2.75, 3.05) is 19.8 Å². The highest BCUT2D eigenvalue weighted by molar-refractivity contribution is 6.35. The summed E-state index contributed by atoms with van der Waals surface area (Å²) in [5.41, 5.74) is 6.97. The van der Waals surface area contributed by atoms with Gasteiger partial charge < -0.3 is 15.8 Å². The molecule has 1 aliphatic rings. The van der Waals surface area contributed by atoms with E-state index in [1.54, 1.807) is 12.1 Å². The Hall–Kier alpha value is -0.810. The molecule has 1 amide bonds. The van der Waals surface area contributed by atoms with Crippen LogP contribution >= 0.6 is 23.2 Å². The molecule has 21 heavy (non-hydrogen) atoms. The summed E-state index contributed by atoms with van der Waals surface area (Å²) in [4.78, 5) is 12.0. The van der Waals surface area contributed by atoms with Gasteiger partial charge in [-0.25, -0.2) is 0 Å². The van der Waals surface area contributed by atoms with Crippen molar-refractivity contribution in [1.82, 2.24) is 5.32 Å². The predicted molar refractivity (Wildman–Crippen MR) is 84.7 cm³/mol. The molecule has 0 bridgehead atoms. The summed E-state index contributed by atoms with van der Waals surface area (Å²) in [6.45, 7) is 1.88. The Morgan fingerprint density at radius 2 is 2.10 bits per heavy atom. The van der Waals surface area contributed by atoms with Crippen LogP contribution in [0.15, 0.2) is 18.2 Å². The summed E-state index contributed by atoms with van der Waals surface area (Å²) in [6, 6.07) is 4.90. The minimum Gasteiger partial charge on any atom is -0.381 e. The van der Waals surface area contributed by atoms with Crippen LogP contribution in [0.2, 0.25) is 10.0 Å². The molecular formula is C15H20Cl2N2O2. The first-order chi connectivity index (χ1) is 10.1. The maximum atomic E-state index is 12.0. The molecule has 6 heteroatoms. The first kappa shape index (κ1) is 16.6. The molecule has 0 aliphatic carbocycles.